The lowest BCUT2D eigenvalue weighted by molar-refractivity contribution is 0.0115. The second-order valence-electron chi connectivity index (χ2n) is 3.32. The molecule has 0 aromatic heterocycles. The Labute approximate surface area is 90.4 Å². The van der Waals surface area contributed by atoms with Crippen molar-refractivity contribution in [3.8, 4) is 0 Å². The van der Waals surface area contributed by atoms with Gasteiger partial charge in [0.15, 0.2) is 0 Å². The van der Waals surface area contributed by atoms with Gasteiger partial charge in [0.05, 0.1) is 6.54 Å². The monoisotopic (exact) mass is 263 g/mol. The Bertz CT molecular complexity index is 326. The van der Waals surface area contributed by atoms with Crippen LogP contribution in [-0.2, 0) is 6.42 Å². The average Bonchev–Trinajstić information content (AvgIpc) is 2.11. The summed E-state index contributed by atoms with van der Waals surface area (Å²) in [7, 11) is 0. The lowest BCUT2D eigenvalue weighted by Gasteiger charge is -2.14. The molecule has 1 aromatic carbocycles. The van der Waals surface area contributed by atoms with Crippen LogP contribution in [0, 0.1) is 6.92 Å². The molecule has 0 saturated heterocycles. The number of aryl methyl sites for hydroxylation is 1. The molecule has 0 unspecified atom stereocenters. The van der Waals surface area contributed by atoms with Gasteiger partial charge in [-0.25, -0.2) is 8.78 Å². The van der Waals surface area contributed by atoms with Crippen LogP contribution in [0.1, 0.15) is 11.1 Å². The van der Waals surface area contributed by atoms with Crippen LogP contribution in [-0.4, -0.2) is 12.5 Å². The molecular weight excluding hydrogens is 252 g/mol. The molecule has 0 spiro atoms. The van der Waals surface area contributed by atoms with Gasteiger partial charge < -0.3 is 5.73 Å². The fourth-order valence-electron chi connectivity index (χ4n) is 1.19. The zero-order valence-electron chi connectivity index (χ0n) is 7.86. The first-order valence-corrected chi connectivity index (χ1v) is 5.07. The van der Waals surface area contributed by atoms with Crippen LogP contribution in [0.2, 0.25) is 0 Å². The normalized spacial score (nSPS) is 11.8. The lowest BCUT2D eigenvalue weighted by Crippen LogP contribution is -2.30. The van der Waals surface area contributed by atoms with Crippen LogP contribution >= 0.6 is 15.9 Å². The van der Waals surface area contributed by atoms with Crippen molar-refractivity contribution >= 4 is 15.9 Å². The Morgan fingerprint density at radius 1 is 1.43 bits per heavy atom. The minimum absolute atomic E-state index is 0.294. The standard InChI is InChI=1S/C10H12BrF2N/c1-7-4-8(2-3-9(7)11)5-10(12,13)6-14/h2-4H,5-6,14H2,1H3. The summed E-state index contributed by atoms with van der Waals surface area (Å²) in [4.78, 5) is 0. The van der Waals surface area contributed by atoms with E-state index in [1.54, 1.807) is 18.2 Å². The topological polar surface area (TPSA) is 26.0 Å². The van der Waals surface area contributed by atoms with Crippen LogP contribution in [0.4, 0.5) is 8.78 Å². The van der Waals surface area contributed by atoms with E-state index in [1.807, 2.05) is 6.92 Å². The highest BCUT2D eigenvalue weighted by Crippen LogP contribution is 2.22. The second kappa shape index (κ2) is 4.36. The quantitative estimate of drug-likeness (QED) is 0.892. The Morgan fingerprint density at radius 3 is 2.57 bits per heavy atom. The van der Waals surface area contributed by atoms with Crippen molar-refractivity contribution in [2.45, 2.75) is 19.3 Å². The number of hydrogen-bond donors (Lipinski definition) is 1. The Morgan fingerprint density at radius 2 is 2.07 bits per heavy atom. The van der Waals surface area contributed by atoms with Crippen molar-refractivity contribution in [2.24, 2.45) is 5.73 Å². The number of halogens is 3. The van der Waals surface area contributed by atoms with Crippen molar-refractivity contribution in [3.63, 3.8) is 0 Å². The summed E-state index contributed by atoms with van der Waals surface area (Å²) >= 11 is 3.31. The number of rotatable bonds is 3. The molecule has 1 nitrogen and oxygen atoms in total. The first kappa shape index (κ1) is 11.6. The fraction of sp³-hybridized carbons (Fsp3) is 0.400. The highest BCUT2D eigenvalue weighted by molar-refractivity contribution is 9.10. The highest BCUT2D eigenvalue weighted by atomic mass is 79.9. The minimum Gasteiger partial charge on any atom is -0.325 e. The highest BCUT2D eigenvalue weighted by Gasteiger charge is 2.26. The van der Waals surface area contributed by atoms with Crippen LogP contribution in [0.25, 0.3) is 0 Å². The van der Waals surface area contributed by atoms with Gasteiger partial charge in [0.1, 0.15) is 0 Å². The summed E-state index contributed by atoms with van der Waals surface area (Å²) in [5.74, 6) is -2.81. The first-order chi connectivity index (χ1) is 6.44. The molecule has 4 heteroatoms. The van der Waals surface area contributed by atoms with Crippen molar-refractivity contribution in [2.75, 3.05) is 6.54 Å². The maximum Gasteiger partial charge on any atom is 0.264 e. The molecule has 0 aliphatic rings. The van der Waals surface area contributed by atoms with Crippen LogP contribution in [0.15, 0.2) is 22.7 Å². The molecule has 0 saturated carbocycles. The van der Waals surface area contributed by atoms with Crippen molar-refractivity contribution < 1.29 is 8.78 Å². The fourth-order valence-corrected chi connectivity index (χ4v) is 1.43. The molecule has 0 amide bonds. The predicted octanol–water partition coefficient (Wildman–Crippen LogP) is 2.89. The Balaban J connectivity index is 2.83. The van der Waals surface area contributed by atoms with Gasteiger partial charge >= 0.3 is 0 Å². The van der Waals surface area contributed by atoms with Crippen molar-refractivity contribution in [1.82, 2.24) is 0 Å². The van der Waals surface area contributed by atoms with E-state index in [-0.39, 0.29) is 6.42 Å². The molecule has 14 heavy (non-hydrogen) atoms. The third-order valence-corrected chi connectivity index (χ3v) is 2.87. The molecule has 2 N–H and O–H groups in total. The van der Waals surface area contributed by atoms with Crippen LogP contribution in [0.3, 0.4) is 0 Å². The molecule has 0 aliphatic heterocycles. The van der Waals surface area contributed by atoms with Gasteiger partial charge in [-0.2, -0.15) is 0 Å². The van der Waals surface area contributed by atoms with Gasteiger partial charge in [-0.1, -0.05) is 28.1 Å². The van der Waals surface area contributed by atoms with Gasteiger partial charge in [0.2, 0.25) is 0 Å². The number of hydrogen-bond acceptors (Lipinski definition) is 1. The van der Waals surface area contributed by atoms with E-state index in [2.05, 4.69) is 15.9 Å². The van der Waals surface area contributed by atoms with E-state index < -0.39 is 12.5 Å². The van der Waals surface area contributed by atoms with Crippen LogP contribution < -0.4 is 5.73 Å². The number of alkyl halides is 2. The smallest absolute Gasteiger partial charge is 0.264 e. The van der Waals surface area contributed by atoms with Gasteiger partial charge in [-0.15, -0.1) is 0 Å². The summed E-state index contributed by atoms with van der Waals surface area (Å²) in [6.45, 7) is 1.26. The zero-order chi connectivity index (χ0) is 10.8. The van der Waals surface area contributed by atoms with Crippen molar-refractivity contribution in [1.29, 1.82) is 0 Å². The molecule has 0 fully saturated rings. The predicted molar refractivity (Wildman–Crippen MR) is 56.6 cm³/mol. The van der Waals surface area contributed by atoms with Gasteiger partial charge in [0.25, 0.3) is 5.92 Å². The number of nitrogens with two attached hydrogens (primary N) is 1. The van der Waals surface area contributed by atoms with Gasteiger partial charge in [-0.05, 0) is 24.1 Å². The lowest BCUT2D eigenvalue weighted by atomic mass is 10.1. The Kier molecular flexibility index (Phi) is 3.61. The molecule has 1 aromatic rings. The summed E-state index contributed by atoms with van der Waals surface area (Å²) < 4.78 is 26.8. The van der Waals surface area contributed by atoms with E-state index in [9.17, 15) is 8.78 Å². The number of benzene rings is 1. The van der Waals surface area contributed by atoms with E-state index in [0.717, 1.165) is 10.0 Å². The third kappa shape index (κ3) is 3.03. The largest absolute Gasteiger partial charge is 0.325 e. The molecule has 0 heterocycles. The second-order valence-corrected chi connectivity index (χ2v) is 4.17. The van der Waals surface area contributed by atoms with Crippen LogP contribution in [0.5, 0.6) is 0 Å². The van der Waals surface area contributed by atoms with Crippen molar-refractivity contribution in [3.05, 3.63) is 33.8 Å². The molecule has 0 atom stereocenters. The summed E-state index contributed by atoms with van der Waals surface area (Å²) in [6.07, 6.45) is -0.294. The molecule has 1 rings (SSSR count). The van der Waals surface area contributed by atoms with E-state index >= 15 is 0 Å². The van der Waals surface area contributed by atoms with E-state index in [1.165, 1.54) is 0 Å². The maximum atomic E-state index is 12.9. The summed E-state index contributed by atoms with van der Waals surface area (Å²) in [5.41, 5.74) is 6.53. The molecule has 0 aliphatic carbocycles. The first-order valence-electron chi connectivity index (χ1n) is 4.27. The molecular formula is C10H12BrF2N. The van der Waals surface area contributed by atoms with E-state index in [0.29, 0.717) is 5.56 Å². The SMILES string of the molecule is Cc1cc(CC(F)(F)CN)ccc1Br. The summed E-state index contributed by atoms with van der Waals surface area (Å²) in [5, 5.41) is 0. The van der Waals surface area contributed by atoms with Gasteiger partial charge in [-0.3, -0.25) is 0 Å². The zero-order valence-corrected chi connectivity index (χ0v) is 9.44. The average molecular weight is 264 g/mol. The Hall–Kier alpha value is -0.480. The molecule has 0 bridgehead atoms. The summed E-state index contributed by atoms with van der Waals surface area (Å²) in [6, 6.07) is 5.20. The molecule has 78 valence electrons. The van der Waals surface area contributed by atoms with E-state index in [4.69, 9.17) is 5.73 Å². The minimum atomic E-state index is -2.81. The third-order valence-electron chi connectivity index (χ3n) is 1.98. The molecule has 0 radical (unpaired) electrons. The van der Waals surface area contributed by atoms with Gasteiger partial charge in [0, 0.05) is 10.9 Å². The maximum absolute atomic E-state index is 12.9.